The van der Waals surface area contributed by atoms with Crippen molar-refractivity contribution >= 4 is 15.5 Å². The van der Waals surface area contributed by atoms with Gasteiger partial charge in [0.05, 0.1) is 4.90 Å². The first-order valence-corrected chi connectivity index (χ1v) is 6.85. The largest absolute Gasteiger partial charge is 0.372 e. The lowest BCUT2D eigenvalue weighted by atomic mass is 10.3. The van der Waals surface area contributed by atoms with Crippen LogP contribution in [-0.2, 0) is 9.84 Å². The van der Waals surface area contributed by atoms with Crippen molar-refractivity contribution in [3.8, 4) is 0 Å². The predicted octanol–water partition coefficient (Wildman–Crippen LogP) is 2.53. The van der Waals surface area contributed by atoms with Gasteiger partial charge in [-0.2, -0.15) is 8.78 Å². The second kappa shape index (κ2) is 5.44. The van der Waals surface area contributed by atoms with Gasteiger partial charge in [0.1, 0.15) is 0 Å². The molecule has 0 N–H and O–H groups in total. The Morgan fingerprint density at radius 1 is 1.12 bits per heavy atom. The number of alkyl halides is 2. The summed E-state index contributed by atoms with van der Waals surface area (Å²) in [6, 6.07) is 5.52. The van der Waals surface area contributed by atoms with Crippen molar-refractivity contribution in [1.29, 1.82) is 0 Å². The quantitative estimate of drug-likeness (QED) is 0.819. The van der Waals surface area contributed by atoms with Gasteiger partial charge in [-0.05, 0) is 38.1 Å². The predicted molar refractivity (Wildman–Crippen MR) is 63.2 cm³/mol. The van der Waals surface area contributed by atoms with E-state index in [4.69, 9.17) is 0 Å². The standard InChI is InChI=1S/C11H15F2NO2S/c1-3-14(4-2)9-5-7-10(8-6-9)17(15,16)11(12)13/h5-8,11H,3-4H2,1-2H3. The van der Waals surface area contributed by atoms with E-state index >= 15 is 0 Å². The topological polar surface area (TPSA) is 37.4 Å². The average molecular weight is 263 g/mol. The number of anilines is 1. The molecule has 96 valence electrons. The third-order valence-electron chi connectivity index (χ3n) is 2.53. The van der Waals surface area contributed by atoms with Crippen LogP contribution in [0.3, 0.4) is 0 Å². The maximum Gasteiger partial charge on any atom is 0.341 e. The van der Waals surface area contributed by atoms with Gasteiger partial charge < -0.3 is 4.90 Å². The molecule has 0 aliphatic carbocycles. The van der Waals surface area contributed by atoms with Crippen molar-refractivity contribution in [3.63, 3.8) is 0 Å². The van der Waals surface area contributed by atoms with Crippen molar-refractivity contribution in [2.24, 2.45) is 0 Å². The first-order valence-electron chi connectivity index (χ1n) is 5.30. The molecule has 17 heavy (non-hydrogen) atoms. The zero-order valence-corrected chi connectivity index (χ0v) is 10.5. The number of halogens is 2. The Bertz CT molecular complexity index is 453. The third-order valence-corrected chi connectivity index (χ3v) is 3.93. The lowest BCUT2D eigenvalue weighted by Crippen LogP contribution is -2.21. The highest BCUT2D eigenvalue weighted by Gasteiger charge is 2.26. The van der Waals surface area contributed by atoms with Gasteiger partial charge in [-0.15, -0.1) is 0 Å². The maximum absolute atomic E-state index is 12.3. The fraction of sp³-hybridized carbons (Fsp3) is 0.455. The van der Waals surface area contributed by atoms with E-state index in [1.807, 2.05) is 18.7 Å². The normalized spacial score (nSPS) is 11.8. The van der Waals surface area contributed by atoms with Crippen LogP contribution in [0.2, 0.25) is 0 Å². The molecule has 0 spiro atoms. The van der Waals surface area contributed by atoms with Gasteiger partial charge in [0.25, 0.3) is 0 Å². The lowest BCUT2D eigenvalue weighted by molar-refractivity contribution is 0.234. The number of rotatable bonds is 5. The Morgan fingerprint density at radius 3 is 1.94 bits per heavy atom. The van der Waals surface area contributed by atoms with E-state index < -0.39 is 15.6 Å². The van der Waals surface area contributed by atoms with Crippen molar-refractivity contribution in [1.82, 2.24) is 0 Å². The van der Waals surface area contributed by atoms with Crippen molar-refractivity contribution < 1.29 is 17.2 Å². The van der Waals surface area contributed by atoms with E-state index in [2.05, 4.69) is 0 Å². The van der Waals surface area contributed by atoms with Gasteiger partial charge in [0.15, 0.2) is 0 Å². The van der Waals surface area contributed by atoms with Gasteiger partial charge in [-0.25, -0.2) is 8.42 Å². The van der Waals surface area contributed by atoms with Gasteiger partial charge in [0.2, 0.25) is 9.84 Å². The molecule has 0 saturated heterocycles. The summed E-state index contributed by atoms with van der Waals surface area (Å²) in [5, 5.41) is 0. The highest BCUT2D eigenvalue weighted by Crippen LogP contribution is 2.21. The molecule has 0 aliphatic rings. The van der Waals surface area contributed by atoms with Crippen molar-refractivity contribution in [3.05, 3.63) is 24.3 Å². The molecule has 1 rings (SSSR count). The molecule has 0 aromatic heterocycles. The molecule has 0 unspecified atom stereocenters. The molecule has 0 radical (unpaired) electrons. The van der Waals surface area contributed by atoms with Crippen LogP contribution in [0.4, 0.5) is 14.5 Å². The van der Waals surface area contributed by atoms with E-state index in [-0.39, 0.29) is 4.90 Å². The van der Waals surface area contributed by atoms with Crippen LogP contribution in [0.5, 0.6) is 0 Å². The summed E-state index contributed by atoms with van der Waals surface area (Å²) < 4.78 is 47.0. The Labute approximate surface area is 100.0 Å². The zero-order chi connectivity index (χ0) is 13.1. The van der Waals surface area contributed by atoms with Crippen molar-refractivity contribution in [2.75, 3.05) is 18.0 Å². The maximum atomic E-state index is 12.3. The smallest absolute Gasteiger partial charge is 0.341 e. The first kappa shape index (κ1) is 13.9. The van der Waals surface area contributed by atoms with Gasteiger partial charge in [0, 0.05) is 18.8 Å². The van der Waals surface area contributed by atoms with Crippen LogP contribution in [0.15, 0.2) is 29.2 Å². The lowest BCUT2D eigenvalue weighted by Gasteiger charge is -2.21. The van der Waals surface area contributed by atoms with E-state index in [0.29, 0.717) is 0 Å². The molecule has 0 heterocycles. The zero-order valence-electron chi connectivity index (χ0n) is 9.73. The second-order valence-corrected chi connectivity index (χ2v) is 5.39. The van der Waals surface area contributed by atoms with Crippen molar-refractivity contribution in [2.45, 2.75) is 24.5 Å². The minimum atomic E-state index is -4.48. The molecule has 0 amide bonds. The first-order chi connectivity index (χ1) is 7.93. The van der Waals surface area contributed by atoms with E-state index in [1.54, 1.807) is 12.1 Å². The molecule has 1 aromatic rings. The molecule has 1 aromatic carbocycles. The summed E-state index contributed by atoms with van der Waals surface area (Å²) in [6.45, 7) is 5.48. The van der Waals surface area contributed by atoms with Crippen LogP contribution >= 0.6 is 0 Å². The summed E-state index contributed by atoms with van der Waals surface area (Å²) in [7, 11) is -4.48. The molecular formula is C11H15F2NO2S. The van der Waals surface area contributed by atoms with Crippen LogP contribution in [0.1, 0.15) is 13.8 Å². The molecule has 0 saturated carbocycles. The number of sulfone groups is 1. The Morgan fingerprint density at radius 2 is 1.59 bits per heavy atom. The van der Waals surface area contributed by atoms with Crippen LogP contribution in [0.25, 0.3) is 0 Å². The molecule has 0 atom stereocenters. The fourth-order valence-electron chi connectivity index (χ4n) is 1.54. The summed E-state index contributed by atoms with van der Waals surface area (Å²) >= 11 is 0. The van der Waals surface area contributed by atoms with Gasteiger partial charge in [-0.1, -0.05) is 0 Å². The molecule has 0 aliphatic heterocycles. The van der Waals surface area contributed by atoms with E-state index in [1.165, 1.54) is 12.1 Å². The van der Waals surface area contributed by atoms with Crippen LogP contribution < -0.4 is 4.90 Å². The van der Waals surface area contributed by atoms with Crippen LogP contribution in [-0.4, -0.2) is 27.3 Å². The Balaban J connectivity index is 3.04. The highest BCUT2D eigenvalue weighted by molar-refractivity contribution is 7.91. The molecule has 0 fully saturated rings. The number of nitrogens with zero attached hydrogens (tertiary/aromatic N) is 1. The van der Waals surface area contributed by atoms with Gasteiger partial charge >= 0.3 is 5.76 Å². The SMILES string of the molecule is CCN(CC)c1ccc(S(=O)(=O)C(F)F)cc1. The number of benzene rings is 1. The fourth-order valence-corrected chi connectivity index (χ4v) is 2.26. The monoisotopic (exact) mass is 263 g/mol. The third kappa shape index (κ3) is 2.94. The second-order valence-electron chi connectivity index (χ2n) is 3.47. The minimum Gasteiger partial charge on any atom is -0.372 e. The van der Waals surface area contributed by atoms with E-state index in [9.17, 15) is 17.2 Å². The molecule has 6 heteroatoms. The van der Waals surface area contributed by atoms with Gasteiger partial charge in [-0.3, -0.25) is 0 Å². The van der Waals surface area contributed by atoms with E-state index in [0.717, 1.165) is 18.8 Å². The summed E-state index contributed by atoms with van der Waals surface area (Å²) in [6.07, 6.45) is 0. The summed E-state index contributed by atoms with van der Waals surface area (Å²) in [5.41, 5.74) is 0.822. The Hall–Kier alpha value is -1.17. The van der Waals surface area contributed by atoms with Crippen LogP contribution in [0, 0.1) is 0 Å². The molecule has 3 nitrogen and oxygen atoms in total. The Kier molecular flexibility index (Phi) is 4.45. The summed E-state index contributed by atoms with van der Waals surface area (Å²) in [4.78, 5) is 1.65. The number of hydrogen-bond donors (Lipinski definition) is 0. The number of hydrogen-bond acceptors (Lipinski definition) is 3. The molecular weight excluding hydrogens is 248 g/mol. The highest BCUT2D eigenvalue weighted by atomic mass is 32.2. The molecule has 0 bridgehead atoms. The average Bonchev–Trinajstić information content (AvgIpc) is 2.31. The summed E-state index contributed by atoms with van der Waals surface area (Å²) in [5.74, 6) is -3.37. The minimum absolute atomic E-state index is 0.344.